The SMILES string of the molecule is C/C=C/CCC1CCC(C(F)(F)CCOc2ccc(-c3ccc(OC)c(F)c3)c(F)c2F)CC1. The van der Waals surface area contributed by atoms with Crippen LogP contribution in [0.1, 0.15) is 51.9 Å². The van der Waals surface area contributed by atoms with Crippen molar-refractivity contribution < 1.29 is 31.4 Å². The third kappa shape index (κ3) is 6.30. The number of benzene rings is 2. The van der Waals surface area contributed by atoms with Crippen molar-refractivity contribution in [3.8, 4) is 22.6 Å². The average molecular weight is 483 g/mol. The van der Waals surface area contributed by atoms with E-state index in [0.29, 0.717) is 18.8 Å². The normalized spacial score (nSPS) is 18.9. The summed E-state index contributed by atoms with van der Waals surface area (Å²) in [5.74, 6) is -6.87. The van der Waals surface area contributed by atoms with E-state index in [-0.39, 0.29) is 16.9 Å². The summed E-state index contributed by atoms with van der Waals surface area (Å²) in [5.41, 5.74) is -0.0444. The van der Waals surface area contributed by atoms with E-state index in [1.54, 1.807) is 0 Å². The van der Waals surface area contributed by atoms with Crippen LogP contribution in [0.4, 0.5) is 22.0 Å². The van der Waals surface area contributed by atoms with Gasteiger partial charge in [0.1, 0.15) is 0 Å². The molecular formula is C27H31F5O2. The van der Waals surface area contributed by atoms with Crippen molar-refractivity contribution in [2.45, 2.75) is 57.8 Å². The molecule has 7 heteroatoms. The Morgan fingerprint density at radius 2 is 1.68 bits per heavy atom. The Bertz CT molecular complexity index is 981. The molecular weight excluding hydrogens is 451 g/mol. The molecule has 0 bridgehead atoms. The second-order valence-corrected chi connectivity index (χ2v) is 8.81. The summed E-state index contributed by atoms with van der Waals surface area (Å²) in [7, 11) is 1.30. The predicted molar refractivity (Wildman–Crippen MR) is 123 cm³/mol. The number of alkyl halides is 2. The molecule has 2 nitrogen and oxygen atoms in total. The van der Waals surface area contributed by atoms with E-state index in [9.17, 15) is 22.0 Å². The van der Waals surface area contributed by atoms with Crippen LogP contribution in [-0.2, 0) is 0 Å². The number of ether oxygens (including phenoxy) is 2. The van der Waals surface area contributed by atoms with Gasteiger partial charge >= 0.3 is 0 Å². The molecule has 0 saturated heterocycles. The number of rotatable bonds is 10. The molecule has 2 aromatic carbocycles. The zero-order valence-electron chi connectivity index (χ0n) is 19.6. The number of halogens is 5. The minimum Gasteiger partial charge on any atom is -0.494 e. The second kappa shape index (κ2) is 11.7. The Morgan fingerprint density at radius 3 is 2.32 bits per heavy atom. The number of methoxy groups -OCH3 is 1. The van der Waals surface area contributed by atoms with Crippen molar-refractivity contribution in [3.63, 3.8) is 0 Å². The molecule has 0 unspecified atom stereocenters. The van der Waals surface area contributed by atoms with E-state index in [1.165, 1.54) is 31.4 Å². The van der Waals surface area contributed by atoms with Gasteiger partial charge in [0, 0.05) is 17.9 Å². The highest BCUT2D eigenvalue weighted by Crippen LogP contribution is 2.42. The van der Waals surface area contributed by atoms with E-state index >= 15 is 0 Å². The van der Waals surface area contributed by atoms with Crippen molar-refractivity contribution in [2.24, 2.45) is 11.8 Å². The zero-order chi connectivity index (χ0) is 24.7. The highest BCUT2D eigenvalue weighted by atomic mass is 19.3. The number of hydrogen-bond acceptors (Lipinski definition) is 2. The molecule has 1 fully saturated rings. The van der Waals surface area contributed by atoms with Crippen molar-refractivity contribution in [1.82, 2.24) is 0 Å². The maximum absolute atomic E-state index is 14.7. The first-order valence-corrected chi connectivity index (χ1v) is 11.7. The molecule has 0 aromatic heterocycles. The van der Waals surface area contributed by atoms with Gasteiger partial charge in [-0.3, -0.25) is 0 Å². The minimum atomic E-state index is -2.93. The minimum absolute atomic E-state index is 0.0207. The fourth-order valence-electron chi connectivity index (χ4n) is 4.57. The van der Waals surface area contributed by atoms with E-state index in [2.05, 4.69) is 6.08 Å². The molecule has 34 heavy (non-hydrogen) atoms. The van der Waals surface area contributed by atoms with Crippen LogP contribution < -0.4 is 9.47 Å². The summed E-state index contributed by atoms with van der Waals surface area (Å²) in [6.45, 7) is 1.54. The Labute approximate surface area is 197 Å². The topological polar surface area (TPSA) is 18.5 Å². The van der Waals surface area contributed by atoms with Crippen molar-refractivity contribution in [2.75, 3.05) is 13.7 Å². The van der Waals surface area contributed by atoms with Gasteiger partial charge in [0.05, 0.1) is 13.7 Å². The summed E-state index contributed by atoms with van der Waals surface area (Å²) < 4.78 is 82.5. The maximum atomic E-state index is 14.7. The lowest BCUT2D eigenvalue weighted by Gasteiger charge is -2.33. The molecule has 0 atom stereocenters. The molecule has 1 saturated carbocycles. The van der Waals surface area contributed by atoms with Crippen LogP contribution in [0.3, 0.4) is 0 Å². The highest BCUT2D eigenvalue weighted by molar-refractivity contribution is 5.66. The second-order valence-electron chi connectivity index (χ2n) is 8.81. The third-order valence-electron chi connectivity index (χ3n) is 6.62. The average Bonchev–Trinajstić information content (AvgIpc) is 2.82. The van der Waals surface area contributed by atoms with Gasteiger partial charge in [-0.05, 0) is 81.2 Å². The van der Waals surface area contributed by atoms with Gasteiger partial charge in [-0.1, -0.05) is 18.2 Å². The molecule has 0 aliphatic heterocycles. The number of hydrogen-bond donors (Lipinski definition) is 0. The number of allylic oxidation sites excluding steroid dienone is 2. The Kier molecular flexibility index (Phi) is 8.97. The van der Waals surface area contributed by atoms with Crippen LogP contribution in [0, 0.1) is 29.3 Å². The summed E-state index contributed by atoms with van der Waals surface area (Å²) in [4.78, 5) is 0. The van der Waals surface area contributed by atoms with E-state index in [4.69, 9.17) is 9.47 Å². The van der Waals surface area contributed by atoms with E-state index in [1.807, 2.05) is 13.0 Å². The lowest BCUT2D eigenvalue weighted by atomic mass is 9.77. The lowest BCUT2D eigenvalue weighted by Crippen LogP contribution is -2.33. The first-order valence-electron chi connectivity index (χ1n) is 11.7. The fourth-order valence-corrected chi connectivity index (χ4v) is 4.57. The van der Waals surface area contributed by atoms with Crippen LogP contribution in [0.25, 0.3) is 11.1 Å². The molecule has 1 aliphatic carbocycles. The molecule has 0 spiro atoms. The Hall–Kier alpha value is -2.57. The molecule has 3 rings (SSSR count). The molecule has 2 aromatic rings. The Morgan fingerprint density at radius 1 is 0.971 bits per heavy atom. The van der Waals surface area contributed by atoms with Gasteiger partial charge in [0.25, 0.3) is 5.92 Å². The van der Waals surface area contributed by atoms with E-state index in [0.717, 1.165) is 31.7 Å². The van der Waals surface area contributed by atoms with Crippen LogP contribution in [-0.4, -0.2) is 19.6 Å². The lowest BCUT2D eigenvalue weighted by molar-refractivity contribution is -0.0882. The smallest absolute Gasteiger partial charge is 0.254 e. The van der Waals surface area contributed by atoms with Crippen molar-refractivity contribution in [1.29, 1.82) is 0 Å². The monoisotopic (exact) mass is 482 g/mol. The fraction of sp³-hybridized carbons (Fsp3) is 0.481. The molecule has 186 valence electrons. The summed E-state index contributed by atoms with van der Waals surface area (Å²) in [6, 6.07) is 6.15. The summed E-state index contributed by atoms with van der Waals surface area (Å²) >= 11 is 0. The highest BCUT2D eigenvalue weighted by Gasteiger charge is 2.41. The molecule has 0 N–H and O–H groups in total. The molecule has 1 aliphatic rings. The third-order valence-corrected chi connectivity index (χ3v) is 6.62. The largest absolute Gasteiger partial charge is 0.494 e. The van der Waals surface area contributed by atoms with Gasteiger partial charge in [-0.15, -0.1) is 0 Å². The predicted octanol–water partition coefficient (Wildman–Crippen LogP) is 8.35. The van der Waals surface area contributed by atoms with Crippen LogP contribution in [0.2, 0.25) is 0 Å². The van der Waals surface area contributed by atoms with Gasteiger partial charge < -0.3 is 9.47 Å². The summed E-state index contributed by atoms with van der Waals surface area (Å²) in [5, 5.41) is 0. The molecule has 0 heterocycles. The van der Waals surface area contributed by atoms with Gasteiger partial charge in [-0.25, -0.2) is 17.6 Å². The first kappa shape index (κ1) is 26.0. The van der Waals surface area contributed by atoms with E-state index < -0.39 is 48.1 Å². The first-order chi connectivity index (χ1) is 16.3. The maximum Gasteiger partial charge on any atom is 0.254 e. The molecule has 0 radical (unpaired) electrons. The van der Waals surface area contributed by atoms with Crippen molar-refractivity contribution in [3.05, 3.63) is 59.9 Å². The zero-order valence-corrected chi connectivity index (χ0v) is 19.6. The van der Waals surface area contributed by atoms with Crippen LogP contribution >= 0.6 is 0 Å². The van der Waals surface area contributed by atoms with Crippen molar-refractivity contribution >= 4 is 0 Å². The Balaban J connectivity index is 1.56. The quantitative estimate of drug-likeness (QED) is 0.250. The van der Waals surface area contributed by atoms with Gasteiger partial charge in [0.2, 0.25) is 5.82 Å². The standard InChI is InChI=1S/C27H31F5O2/c1-3-4-5-6-18-7-10-20(11-8-18)27(31,32)15-16-34-24-14-12-21(25(29)26(24)30)19-9-13-23(33-2)22(28)17-19/h3-4,9,12-14,17-18,20H,5-8,10-11,15-16H2,1-2H3/b4-3+. The molecule has 0 amide bonds. The van der Waals surface area contributed by atoms with Gasteiger partial charge in [-0.2, -0.15) is 4.39 Å². The van der Waals surface area contributed by atoms with Crippen LogP contribution in [0.5, 0.6) is 11.5 Å². The van der Waals surface area contributed by atoms with Gasteiger partial charge in [0.15, 0.2) is 23.1 Å². The van der Waals surface area contributed by atoms with Crippen LogP contribution in [0.15, 0.2) is 42.5 Å². The summed E-state index contributed by atoms with van der Waals surface area (Å²) in [6.07, 6.45) is 8.03.